The number of hydrogen-bond acceptors (Lipinski definition) is 1. The molecular formula is C9H21NS. The quantitative estimate of drug-likeness (QED) is 0.673. The summed E-state index contributed by atoms with van der Waals surface area (Å²) < 4.78 is 0. The lowest BCUT2D eigenvalue weighted by atomic mass is 10.0. The molecule has 1 aliphatic heterocycles. The molecule has 68 valence electrons. The van der Waals surface area contributed by atoms with Crippen molar-refractivity contribution in [1.82, 2.24) is 5.32 Å². The molecule has 0 amide bonds. The smallest absolute Gasteiger partial charge is 0.00460 e. The predicted octanol–water partition coefficient (Wildman–Crippen LogP) is 1.68. The molecule has 11 heavy (non-hydrogen) atoms. The van der Waals surface area contributed by atoms with Crippen molar-refractivity contribution < 1.29 is 0 Å². The van der Waals surface area contributed by atoms with E-state index >= 15 is 0 Å². The van der Waals surface area contributed by atoms with E-state index in [1.165, 1.54) is 31.7 Å². The third-order valence-corrected chi connectivity index (χ3v) is 3.67. The lowest BCUT2D eigenvalue weighted by Crippen LogP contribution is -2.30. The Morgan fingerprint density at radius 3 is 2.18 bits per heavy atom. The summed E-state index contributed by atoms with van der Waals surface area (Å²) in [7, 11) is -0.252. The first-order valence-corrected chi connectivity index (χ1v) is 7.47. The summed E-state index contributed by atoms with van der Waals surface area (Å²) in [5.74, 6) is 2.50. The SMILES string of the molecule is CS(C)(C)CC1CCNCC1. The summed E-state index contributed by atoms with van der Waals surface area (Å²) in [5, 5.41) is 3.41. The van der Waals surface area contributed by atoms with Crippen LogP contribution in [0.3, 0.4) is 0 Å². The van der Waals surface area contributed by atoms with Crippen molar-refractivity contribution in [3.05, 3.63) is 0 Å². The van der Waals surface area contributed by atoms with Crippen LogP contribution in [0.25, 0.3) is 0 Å². The minimum atomic E-state index is -0.252. The molecule has 0 atom stereocenters. The molecule has 1 heterocycles. The van der Waals surface area contributed by atoms with Crippen molar-refractivity contribution in [1.29, 1.82) is 0 Å². The van der Waals surface area contributed by atoms with Gasteiger partial charge in [-0.05, 0) is 56.4 Å². The molecule has 2 heteroatoms. The highest BCUT2D eigenvalue weighted by atomic mass is 32.3. The zero-order chi connectivity index (χ0) is 8.32. The zero-order valence-electron chi connectivity index (χ0n) is 8.02. The molecule has 0 spiro atoms. The van der Waals surface area contributed by atoms with Crippen LogP contribution < -0.4 is 5.32 Å². The third-order valence-electron chi connectivity index (χ3n) is 2.19. The van der Waals surface area contributed by atoms with Crippen LogP contribution in [0, 0.1) is 5.92 Å². The van der Waals surface area contributed by atoms with Gasteiger partial charge in [-0.1, -0.05) is 0 Å². The molecule has 0 unspecified atom stereocenters. The van der Waals surface area contributed by atoms with E-state index in [1.807, 2.05) is 0 Å². The predicted molar refractivity (Wildman–Crippen MR) is 55.8 cm³/mol. The number of nitrogens with one attached hydrogen (secondary N) is 1. The first-order chi connectivity index (χ1) is 5.08. The number of piperidine rings is 1. The molecule has 1 fully saturated rings. The largest absolute Gasteiger partial charge is 0.317 e. The van der Waals surface area contributed by atoms with Crippen LogP contribution in [0.2, 0.25) is 0 Å². The van der Waals surface area contributed by atoms with Crippen LogP contribution in [-0.4, -0.2) is 37.6 Å². The van der Waals surface area contributed by atoms with Gasteiger partial charge >= 0.3 is 0 Å². The third kappa shape index (κ3) is 4.02. The highest BCUT2D eigenvalue weighted by Gasteiger charge is 2.17. The molecule has 1 saturated heterocycles. The fourth-order valence-corrected chi connectivity index (χ4v) is 3.50. The van der Waals surface area contributed by atoms with Gasteiger partial charge in [0.2, 0.25) is 0 Å². The Hall–Kier alpha value is 0.310. The lowest BCUT2D eigenvalue weighted by molar-refractivity contribution is 0.407. The van der Waals surface area contributed by atoms with Gasteiger partial charge in [0.15, 0.2) is 0 Å². The summed E-state index contributed by atoms with van der Waals surface area (Å²) in [4.78, 5) is 0. The normalized spacial score (nSPS) is 23.5. The minimum absolute atomic E-state index is 0.252. The molecule has 1 N–H and O–H groups in total. The van der Waals surface area contributed by atoms with E-state index in [1.54, 1.807) is 0 Å². The molecule has 0 saturated carbocycles. The van der Waals surface area contributed by atoms with Gasteiger partial charge in [0.1, 0.15) is 0 Å². The molecule has 1 nitrogen and oxygen atoms in total. The Morgan fingerprint density at radius 2 is 1.73 bits per heavy atom. The summed E-state index contributed by atoms with van der Waals surface area (Å²) in [6.45, 7) is 2.50. The first kappa shape index (κ1) is 9.40. The Morgan fingerprint density at radius 1 is 1.18 bits per heavy atom. The van der Waals surface area contributed by atoms with E-state index in [2.05, 4.69) is 24.1 Å². The zero-order valence-corrected chi connectivity index (χ0v) is 8.84. The van der Waals surface area contributed by atoms with E-state index in [-0.39, 0.29) is 10.0 Å². The molecule has 0 bridgehead atoms. The van der Waals surface area contributed by atoms with E-state index in [0.29, 0.717) is 0 Å². The minimum Gasteiger partial charge on any atom is -0.317 e. The molecule has 0 aromatic carbocycles. The first-order valence-electron chi connectivity index (χ1n) is 4.45. The van der Waals surface area contributed by atoms with Crippen LogP contribution >= 0.6 is 10.0 Å². The Labute approximate surface area is 72.3 Å². The van der Waals surface area contributed by atoms with Crippen molar-refractivity contribution in [3.63, 3.8) is 0 Å². The van der Waals surface area contributed by atoms with Crippen LogP contribution in [0.1, 0.15) is 12.8 Å². The van der Waals surface area contributed by atoms with E-state index in [4.69, 9.17) is 0 Å². The van der Waals surface area contributed by atoms with Crippen molar-refractivity contribution in [2.75, 3.05) is 37.6 Å². The van der Waals surface area contributed by atoms with Crippen LogP contribution in [0.5, 0.6) is 0 Å². The van der Waals surface area contributed by atoms with Crippen LogP contribution in [0.4, 0.5) is 0 Å². The van der Waals surface area contributed by atoms with Crippen molar-refractivity contribution >= 4 is 10.0 Å². The van der Waals surface area contributed by atoms with E-state index in [9.17, 15) is 0 Å². The van der Waals surface area contributed by atoms with Crippen molar-refractivity contribution in [2.24, 2.45) is 5.92 Å². The second-order valence-corrected chi connectivity index (χ2v) is 8.97. The molecular weight excluding hydrogens is 154 g/mol. The van der Waals surface area contributed by atoms with Gasteiger partial charge in [-0.3, -0.25) is 0 Å². The van der Waals surface area contributed by atoms with E-state index in [0.717, 1.165) is 5.92 Å². The second kappa shape index (κ2) is 3.81. The summed E-state index contributed by atoms with van der Waals surface area (Å²) >= 11 is 0. The highest BCUT2D eigenvalue weighted by molar-refractivity contribution is 8.32. The van der Waals surface area contributed by atoms with Gasteiger partial charge in [-0.25, -0.2) is 10.0 Å². The topological polar surface area (TPSA) is 12.0 Å². The Balaban J connectivity index is 2.24. The monoisotopic (exact) mass is 175 g/mol. The number of hydrogen-bond donors (Lipinski definition) is 1. The van der Waals surface area contributed by atoms with Gasteiger partial charge in [0.25, 0.3) is 0 Å². The van der Waals surface area contributed by atoms with Crippen molar-refractivity contribution in [2.45, 2.75) is 12.8 Å². The molecule has 0 aliphatic carbocycles. The molecule has 0 aromatic rings. The van der Waals surface area contributed by atoms with Crippen LogP contribution in [0.15, 0.2) is 0 Å². The fourth-order valence-electron chi connectivity index (χ4n) is 1.76. The van der Waals surface area contributed by atoms with Gasteiger partial charge in [0.05, 0.1) is 0 Å². The summed E-state index contributed by atoms with van der Waals surface area (Å²) in [5.41, 5.74) is 0. The average molecular weight is 175 g/mol. The second-order valence-electron chi connectivity index (χ2n) is 4.45. The molecule has 0 aromatic heterocycles. The number of rotatable bonds is 2. The van der Waals surface area contributed by atoms with Crippen LogP contribution in [-0.2, 0) is 0 Å². The average Bonchev–Trinajstić information content (AvgIpc) is 1.85. The molecule has 0 radical (unpaired) electrons. The fraction of sp³-hybridized carbons (Fsp3) is 1.00. The van der Waals surface area contributed by atoms with Gasteiger partial charge in [-0.15, -0.1) is 0 Å². The van der Waals surface area contributed by atoms with Crippen molar-refractivity contribution in [3.8, 4) is 0 Å². The Kier molecular flexibility index (Phi) is 3.26. The van der Waals surface area contributed by atoms with E-state index < -0.39 is 0 Å². The maximum atomic E-state index is 3.41. The summed E-state index contributed by atoms with van der Waals surface area (Å²) in [6, 6.07) is 0. The van der Waals surface area contributed by atoms with Gasteiger partial charge < -0.3 is 5.32 Å². The lowest BCUT2D eigenvalue weighted by Gasteiger charge is -2.33. The van der Waals surface area contributed by atoms with Gasteiger partial charge in [-0.2, -0.15) is 0 Å². The van der Waals surface area contributed by atoms with Gasteiger partial charge in [0, 0.05) is 0 Å². The maximum absolute atomic E-state index is 3.41. The maximum Gasteiger partial charge on any atom is -0.00460 e. The molecule has 1 rings (SSSR count). The summed E-state index contributed by atoms with van der Waals surface area (Å²) in [6.07, 6.45) is 10.1. The standard InChI is InChI=1S/C9H21NS/c1-11(2,3)8-9-4-6-10-7-5-9/h9-10H,4-8H2,1-3H3. The highest BCUT2D eigenvalue weighted by Crippen LogP contribution is 2.38. The Bertz CT molecular complexity index is 111. The molecule has 1 aliphatic rings.